The van der Waals surface area contributed by atoms with E-state index in [4.69, 9.17) is 0 Å². The first kappa shape index (κ1) is 9.36. The molecule has 1 aromatic heterocycles. The molecule has 0 bridgehead atoms. The second-order valence-electron chi connectivity index (χ2n) is 3.40. The highest BCUT2D eigenvalue weighted by atomic mass is 16.1. The zero-order chi connectivity index (χ0) is 9.97. The standard InChI is InChI=1S/C9H14N4O/c1-10-5-8-6-4-11-3-2-7(6)12-9(14)13-8/h10-11H,2-5H2,1H3,(H,12,13,14). The smallest absolute Gasteiger partial charge is 0.314 e. The monoisotopic (exact) mass is 194 g/mol. The van der Waals surface area contributed by atoms with Crippen LogP contribution >= 0.6 is 0 Å². The highest BCUT2D eigenvalue weighted by Crippen LogP contribution is 2.12. The zero-order valence-corrected chi connectivity index (χ0v) is 8.18. The molecule has 1 aliphatic rings. The van der Waals surface area contributed by atoms with Crippen LogP contribution in [-0.4, -0.2) is 23.6 Å². The first-order valence-corrected chi connectivity index (χ1v) is 4.77. The van der Waals surface area contributed by atoms with Gasteiger partial charge in [-0.2, -0.15) is 4.98 Å². The molecule has 1 aliphatic heterocycles. The van der Waals surface area contributed by atoms with Crippen LogP contribution in [0.5, 0.6) is 0 Å². The van der Waals surface area contributed by atoms with E-state index in [1.54, 1.807) is 0 Å². The van der Waals surface area contributed by atoms with Crippen molar-refractivity contribution in [2.45, 2.75) is 19.5 Å². The molecule has 3 N–H and O–H groups in total. The third kappa shape index (κ3) is 1.69. The van der Waals surface area contributed by atoms with Crippen LogP contribution < -0.4 is 16.3 Å². The molecule has 0 saturated carbocycles. The van der Waals surface area contributed by atoms with E-state index >= 15 is 0 Å². The Morgan fingerprint density at radius 1 is 1.57 bits per heavy atom. The van der Waals surface area contributed by atoms with Crippen LogP contribution in [0, 0.1) is 0 Å². The molecule has 76 valence electrons. The van der Waals surface area contributed by atoms with Crippen LogP contribution in [0.25, 0.3) is 0 Å². The van der Waals surface area contributed by atoms with Crippen LogP contribution in [0.15, 0.2) is 4.79 Å². The number of H-pyrrole nitrogens is 1. The van der Waals surface area contributed by atoms with E-state index in [-0.39, 0.29) is 5.69 Å². The summed E-state index contributed by atoms with van der Waals surface area (Å²) >= 11 is 0. The highest BCUT2D eigenvalue weighted by Gasteiger charge is 2.14. The Bertz CT molecular complexity index is 385. The van der Waals surface area contributed by atoms with Gasteiger partial charge in [0.25, 0.3) is 0 Å². The van der Waals surface area contributed by atoms with Crippen molar-refractivity contribution in [1.29, 1.82) is 0 Å². The topological polar surface area (TPSA) is 69.8 Å². The zero-order valence-electron chi connectivity index (χ0n) is 8.18. The lowest BCUT2D eigenvalue weighted by atomic mass is 10.1. The molecule has 0 fully saturated rings. The Morgan fingerprint density at radius 3 is 3.21 bits per heavy atom. The third-order valence-corrected chi connectivity index (χ3v) is 2.40. The molecule has 0 aliphatic carbocycles. The predicted molar refractivity (Wildman–Crippen MR) is 53.0 cm³/mol. The second-order valence-corrected chi connectivity index (χ2v) is 3.40. The quantitative estimate of drug-likeness (QED) is 0.572. The molecule has 0 unspecified atom stereocenters. The summed E-state index contributed by atoms with van der Waals surface area (Å²) in [6, 6.07) is 0. The maximum absolute atomic E-state index is 11.2. The molecule has 0 aromatic carbocycles. The van der Waals surface area contributed by atoms with Gasteiger partial charge in [-0.05, 0) is 7.05 Å². The Labute approximate surface area is 82.0 Å². The van der Waals surface area contributed by atoms with Gasteiger partial charge in [-0.1, -0.05) is 0 Å². The number of nitrogens with one attached hydrogen (secondary N) is 3. The van der Waals surface area contributed by atoms with E-state index in [1.165, 1.54) is 0 Å². The van der Waals surface area contributed by atoms with Gasteiger partial charge in [-0.15, -0.1) is 0 Å². The summed E-state index contributed by atoms with van der Waals surface area (Å²) in [5.74, 6) is 0. The van der Waals surface area contributed by atoms with E-state index in [1.807, 2.05) is 7.05 Å². The summed E-state index contributed by atoms with van der Waals surface area (Å²) in [4.78, 5) is 18.0. The number of hydrogen-bond donors (Lipinski definition) is 3. The predicted octanol–water partition coefficient (Wildman–Crippen LogP) is -0.865. The number of rotatable bonds is 2. The van der Waals surface area contributed by atoms with Gasteiger partial charge in [-0.25, -0.2) is 4.79 Å². The third-order valence-electron chi connectivity index (χ3n) is 2.40. The average molecular weight is 194 g/mol. The Morgan fingerprint density at radius 2 is 2.43 bits per heavy atom. The summed E-state index contributed by atoms with van der Waals surface area (Å²) in [5, 5.41) is 6.29. The first-order chi connectivity index (χ1) is 6.81. The number of fused-ring (bicyclic) bond motifs is 1. The summed E-state index contributed by atoms with van der Waals surface area (Å²) < 4.78 is 0. The summed E-state index contributed by atoms with van der Waals surface area (Å²) in [6.45, 7) is 2.37. The number of hydrogen-bond acceptors (Lipinski definition) is 4. The van der Waals surface area contributed by atoms with Crippen LogP contribution in [0.2, 0.25) is 0 Å². The fraction of sp³-hybridized carbons (Fsp3) is 0.556. The van der Waals surface area contributed by atoms with Crippen molar-refractivity contribution in [3.05, 3.63) is 27.4 Å². The number of nitrogens with zero attached hydrogens (tertiary/aromatic N) is 1. The molecule has 0 saturated heterocycles. The fourth-order valence-corrected chi connectivity index (χ4v) is 1.76. The SMILES string of the molecule is CNCc1nc(=O)[nH]c2c1CNCC2. The number of aromatic nitrogens is 2. The van der Waals surface area contributed by atoms with Crippen molar-refractivity contribution in [2.24, 2.45) is 0 Å². The van der Waals surface area contributed by atoms with Gasteiger partial charge < -0.3 is 15.6 Å². The Hall–Kier alpha value is -1.20. The average Bonchev–Trinajstić information content (AvgIpc) is 2.18. The van der Waals surface area contributed by atoms with Gasteiger partial charge >= 0.3 is 5.69 Å². The lowest BCUT2D eigenvalue weighted by molar-refractivity contribution is 0.605. The number of aromatic amines is 1. The fourth-order valence-electron chi connectivity index (χ4n) is 1.76. The minimum absolute atomic E-state index is 0.240. The van der Waals surface area contributed by atoms with Gasteiger partial charge in [0.15, 0.2) is 0 Å². The molecule has 2 rings (SSSR count). The first-order valence-electron chi connectivity index (χ1n) is 4.77. The Balaban J connectivity index is 2.47. The van der Waals surface area contributed by atoms with Crippen molar-refractivity contribution in [1.82, 2.24) is 20.6 Å². The summed E-state index contributed by atoms with van der Waals surface area (Å²) in [6.07, 6.45) is 0.879. The van der Waals surface area contributed by atoms with E-state index < -0.39 is 0 Å². The van der Waals surface area contributed by atoms with Crippen molar-refractivity contribution in [3.63, 3.8) is 0 Å². The molecule has 0 radical (unpaired) electrons. The normalized spacial score (nSPS) is 15.2. The van der Waals surface area contributed by atoms with Crippen molar-refractivity contribution in [3.8, 4) is 0 Å². The van der Waals surface area contributed by atoms with Crippen LogP contribution in [-0.2, 0) is 19.5 Å². The van der Waals surface area contributed by atoms with E-state index in [0.29, 0.717) is 6.54 Å². The van der Waals surface area contributed by atoms with E-state index in [2.05, 4.69) is 20.6 Å². The molecule has 0 spiro atoms. The van der Waals surface area contributed by atoms with Crippen LogP contribution in [0.4, 0.5) is 0 Å². The van der Waals surface area contributed by atoms with Gasteiger partial charge in [0.2, 0.25) is 0 Å². The molecule has 14 heavy (non-hydrogen) atoms. The van der Waals surface area contributed by atoms with Gasteiger partial charge in [0, 0.05) is 37.3 Å². The second kappa shape index (κ2) is 3.89. The van der Waals surface area contributed by atoms with Crippen molar-refractivity contribution in [2.75, 3.05) is 13.6 Å². The molecular weight excluding hydrogens is 180 g/mol. The maximum atomic E-state index is 11.2. The molecule has 2 heterocycles. The van der Waals surface area contributed by atoms with Gasteiger partial charge in [-0.3, -0.25) is 0 Å². The minimum atomic E-state index is -0.240. The van der Waals surface area contributed by atoms with Crippen molar-refractivity contribution >= 4 is 0 Å². The van der Waals surface area contributed by atoms with Gasteiger partial charge in [0.1, 0.15) is 0 Å². The van der Waals surface area contributed by atoms with Crippen LogP contribution in [0.3, 0.4) is 0 Å². The minimum Gasteiger partial charge on any atom is -0.314 e. The highest BCUT2D eigenvalue weighted by molar-refractivity contribution is 5.26. The molecule has 5 heteroatoms. The van der Waals surface area contributed by atoms with E-state index in [9.17, 15) is 4.79 Å². The van der Waals surface area contributed by atoms with Crippen molar-refractivity contribution < 1.29 is 0 Å². The Kier molecular flexibility index (Phi) is 2.60. The molecule has 5 nitrogen and oxygen atoms in total. The van der Waals surface area contributed by atoms with E-state index in [0.717, 1.165) is 36.5 Å². The van der Waals surface area contributed by atoms with Crippen LogP contribution in [0.1, 0.15) is 17.0 Å². The molecular formula is C9H14N4O. The molecule has 0 amide bonds. The lowest BCUT2D eigenvalue weighted by Gasteiger charge is -2.18. The summed E-state index contributed by atoms with van der Waals surface area (Å²) in [7, 11) is 1.85. The molecule has 0 atom stereocenters. The largest absolute Gasteiger partial charge is 0.345 e. The molecule has 1 aromatic rings. The lowest BCUT2D eigenvalue weighted by Crippen LogP contribution is -2.31. The summed E-state index contributed by atoms with van der Waals surface area (Å²) in [5.41, 5.74) is 2.80. The van der Waals surface area contributed by atoms with Gasteiger partial charge in [0.05, 0.1) is 5.69 Å². The maximum Gasteiger partial charge on any atom is 0.345 e.